The van der Waals surface area contributed by atoms with Gasteiger partial charge in [-0.2, -0.15) is 13.2 Å². The molecule has 0 bridgehead atoms. The zero-order chi connectivity index (χ0) is 31.4. The van der Waals surface area contributed by atoms with E-state index < -0.39 is 38.7 Å². The SMILES string of the molecule is COc1ncc(-c2ccc3nccc(N4CCNCC4)c3c2)cc1NS(=O)(=O)c1ccc(F)cc1F.O=C(O)C(F)(F)F. The maximum Gasteiger partial charge on any atom is 0.490 e. The monoisotopic (exact) mass is 625 g/mol. The first-order valence-electron chi connectivity index (χ1n) is 12.5. The summed E-state index contributed by atoms with van der Waals surface area (Å²) in [6.07, 6.45) is -1.73. The van der Waals surface area contributed by atoms with E-state index in [1.165, 1.54) is 7.11 Å². The van der Waals surface area contributed by atoms with Gasteiger partial charge in [0.05, 0.1) is 12.6 Å². The number of hydrogen-bond acceptors (Lipinski definition) is 8. The number of fused-ring (bicyclic) bond motifs is 1. The molecule has 43 heavy (non-hydrogen) atoms. The Hall–Kier alpha value is -4.57. The number of alkyl halides is 3. The van der Waals surface area contributed by atoms with Gasteiger partial charge in [-0.3, -0.25) is 9.71 Å². The third-order valence-corrected chi connectivity index (χ3v) is 7.62. The first-order valence-corrected chi connectivity index (χ1v) is 14.0. The van der Waals surface area contributed by atoms with Gasteiger partial charge in [0.15, 0.2) is 0 Å². The molecule has 0 spiro atoms. The summed E-state index contributed by atoms with van der Waals surface area (Å²) in [7, 11) is -3.04. The fraction of sp³-hybridized carbons (Fsp3) is 0.222. The molecule has 1 aliphatic rings. The number of carboxylic acid groups (broad SMARTS) is 1. The van der Waals surface area contributed by atoms with Crippen molar-refractivity contribution in [1.82, 2.24) is 15.3 Å². The molecule has 0 radical (unpaired) electrons. The van der Waals surface area contributed by atoms with Crippen LogP contribution >= 0.6 is 0 Å². The molecular formula is C27H24F5N5O5S. The Bertz CT molecular complexity index is 1750. The Morgan fingerprint density at radius 3 is 2.35 bits per heavy atom. The van der Waals surface area contributed by atoms with Gasteiger partial charge in [-0.1, -0.05) is 6.07 Å². The predicted molar refractivity (Wildman–Crippen MR) is 147 cm³/mol. The molecular weight excluding hydrogens is 601 g/mol. The number of aromatic nitrogens is 2. The Kier molecular flexibility index (Phi) is 9.30. The number of hydrogen-bond donors (Lipinski definition) is 3. The molecule has 2 aromatic carbocycles. The highest BCUT2D eigenvalue weighted by Crippen LogP contribution is 2.34. The molecule has 0 atom stereocenters. The van der Waals surface area contributed by atoms with Crippen molar-refractivity contribution in [1.29, 1.82) is 0 Å². The summed E-state index contributed by atoms with van der Waals surface area (Å²) in [5.74, 6) is -4.83. The van der Waals surface area contributed by atoms with Crippen molar-refractivity contribution in [2.75, 3.05) is 42.9 Å². The number of anilines is 2. The van der Waals surface area contributed by atoms with E-state index in [2.05, 4.69) is 24.9 Å². The lowest BCUT2D eigenvalue weighted by molar-refractivity contribution is -0.192. The fourth-order valence-electron chi connectivity index (χ4n) is 4.23. The number of benzene rings is 2. The van der Waals surface area contributed by atoms with E-state index in [1.54, 1.807) is 18.5 Å². The van der Waals surface area contributed by atoms with E-state index in [-0.39, 0.29) is 11.6 Å². The Morgan fingerprint density at radius 1 is 1.02 bits per heavy atom. The van der Waals surface area contributed by atoms with E-state index in [0.29, 0.717) is 11.6 Å². The minimum Gasteiger partial charge on any atom is -0.480 e. The van der Waals surface area contributed by atoms with Crippen molar-refractivity contribution < 1.29 is 45.0 Å². The summed E-state index contributed by atoms with van der Waals surface area (Å²) in [6.45, 7) is 3.53. The molecule has 5 rings (SSSR count). The zero-order valence-corrected chi connectivity index (χ0v) is 23.1. The summed E-state index contributed by atoms with van der Waals surface area (Å²) in [4.78, 5) is 19.2. The summed E-state index contributed by atoms with van der Waals surface area (Å²) in [5.41, 5.74) is 3.33. The number of nitrogens with zero attached hydrogens (tertiary/aromatic N) is 3. The number of carbonyl (C=O) groups is 1. The normalized spacial score (nSPS) is 13.7. The number of pyridine rings is 2. The lowest BCUT2D eigenvalue weighted by atomic mass is 10.0. The average molecular weight is 626 g/mol. The van der Waals surface area contributed by atoms with Gasteiger partial charge >= 0.3 is 12.1 Å². The van der Waals surface area contributed by atoms with Crippen LogP contribution in [0.2, 0.25) is 0 Å². The Labute approximate surface area is 242 Å². The summed E-state index contributed by atoms with van der Waals surface area (Å²) in [6, 6.07) is 11.6. The van der Waals surface area contributed by atoms with Crippen LogP contribution in [0.5, 0.6) is 5.88 Å². The maximum absolute atomic E-state index is 14.2. The van der Waals surface area contributed by atoms with Crippen molar-refractivity contribution >= 4 is 38.3 Å². The number of carboxylic acids is 1. The zero-order valence-electron chi connectivity index (χ0n) is 22.3. The molecule has 0 amide bonds. The van der Waals surface area contributed by atoms with E-state index in [1.807, 2.05) is 24.3 Å². The molecule has 1 aliphatic heterocycles. The number of nitrogens with one attached hydrogen (secondary N) is 2. The minimum absolute atomic E-state index is 0.00815. The van der Waals surface area contributed by atoms with Crippen molar-refractivity contribution in [3.05, 3.63) is 72.6 Å². The van der Waals surface area contributed by atoms with Gasteiger partial charge in [0.1, 0.15) is 22.2 Å². The van der Waals surface area contributed by atoms with Crippen LogP contribution in [0.1, 0.15) is 0 Å². The third-order valence-electron chi connectivity index (χ3n) is 6.22. The summed E-state index contributed by atoms with van der Waals surface area (Å²) >= 11 is 0. The van der Waals surface area contributed by atoms with Crippen LogP contribution in [-0.4, -0.2) is 68.9 Å². The number of rotatable bonds is 6. The second-order valence-corrected chi connectivity index (χ2v) is 10.7. The van der Waals surface area contributed by atoms with Crippen LogP contribution in [0.4, 0.5) is 33.3 Å². The van der Waals surface area contributed by atoms with Crippen LogP contribution < -0.4 is 19.7 Å². The molecule has 3 N–H and O–H groups in total. The van der Waals surface area contributed by atoms with Gasteiger partial charge in [0, 0.05) is 61.3 Å². The first kappa shape index (κ1) is 31.4. The number of piperazine rings is 1. The molecule has 0 saturated carbocycles. The van der Waals surface area contributed by atoms with Gasteiger partial charge in [0.2, 0.25) is 5.88 Å². The van der Waals surface area contributed by atoms with Gasteiger partial charge in [-0.25, -0.2) is 27.0 Å². The van der Waals surface area contributed by atoms with Crippen molar-refractivity contribution in [3.63, 3.8) is 0 Å². The number of sulfonamides is 1. The molecule has 16 heteroatoms. The van der Waals surface area contributed by atoms with Crippen LogP contribution in [0, 0.1) is 11.6 Å². The number of methoxy groups -OCH3 is 1. The quantitative estimate of drug-likeness (QED) is 0.266. The third kappa shape index (κ3) is 7.45. The molecule has 0 unspecified atom stereocenters. The highest BCUT2D eigenvalue weighted by molar-refractivity contribution is 7.92. The highest BCUT2D eigenvalue weighted by atomic mass is 32.2. The van der Waals surface area contributed by atoms with E-state index in [0.717, 1.165) is 60.5 Å². The molecule has 2 aromatic heterocycles. The highest BCUT2D eigenvalue weighted by Gasteiger charge is 2.38. The van der Waals surface area contributed by atoms with Gasteiger partial charge in [-0.15, -0.1) is 0 Å². The van der Waals surface area contributed by atoms with Gasteiger partial charge in [-0.05, 0) is 42.0 Å². The van der Waals surface area contributed by atoms with Crippen LogP contribution in [-0.2, 0) is 14.8 Å². The largest absolute Gasteiger partial charge is 0.490 e. The molecule has 1 saturated heterocycles. The fourth-order valence-corrected chi connectivity index (χ4v) is 5.34. The van der Waals surface area contributed by atoms with Crippen LogP contribution in [0.25, 0.3) is 22.0 Å². The second kappa shape index (κ2) is 12.7. The van der Waals surface area contributed by atoms with Crippen molar-refractivity contribution in [2.45, 2.75) is 11.1 Å². The molecule has 0 aliphatic carbocycles. The van der Waals surface area contributed by atoms with Gasteiger partial charge in [0.25, 0.3) is 10.0 Å². The van der Waals surface area contributed by atoms with Crippen LogP contribution in [0.3, 0.4) is 0 Å². The average Bonchev–Trinajstić information content (AvgIpc) is 2.96. The van der Waals surface area contributed by atoms with Gasteiger partial charge < -0.3 is 20.1 Å². The van der Waals surface area contributed by atoms with E-state index in [4.69, 9.17) is 14.6 Å². The molecule has 10 nitrogen and oxygen atoms in total. The minimum atomic E-state index is -5.08. The number of aliphatic carboxylic acids is 1. The summed E-state index contributed by atoms with van der Waals surface area (Å²) in [5, 5.41) is 11.4. The second-order valence-electron chi connectivity index (χ2n) is 9.06. The topological polar surface area (TPSA) is 134 Å². The number of ether oxygens (including phenoxy) is 1. The van der Waals surface area contributed by atoms with Crippen molar-refractivity contribution in [2.24, 2.45) is 0 Å². The standard InChI is InChI=1S/C25H23F2N5O3S.C2HF3O2/c1-35-25-22(31-36(33,34)24-5-3-18(26)14-20(24)27)13-17(15-30-25)16-2-4-21-19(12-16)23(6-7-29-21)32-10-8-28-9-11-32;3-2(4,5)1(6)7/h2-7,12-15,28,31H,8-11H2,1H3;(H,6,7). The molecule has 228 valence electrons. The van der Waals surface area contributed by atoms with Crippen molar-refractivity contribution in [3.8, 4) is 17.0 Å². The lowest BCUT2D eigenvalue weighted by Crippen LogP contribution is -2.43. The number of halogens is 5. The smallest absolute Gasteiger partial charge is 0.480 e. The maximum atomic E-state index is 14.2. The predicted octanol–water partition coefficient (Wildman–Crippen LogP) is 4.43. The first-order chi connectivity index (χ1) is 20.3. The lowest BCUT2D eigenvalue weighted by Gasteiger charge is -2.30. The molecule has 4 aromatic rings. The Morgan fingerprint density at radius 2 is 1.72 bits per heavy atom. The molecule has 1 fully saturated rings. The van der Waals surface area contributed by atoms with E-state index in [9.17, 15) is 30.4 Å². The Balaban J connectivity index is 0.000000541. The van der Waals surface area contributed by atoms with E-state index >= 15 is 0 Å². The summed E-state index contributed by atoms with van der Waals surface area (Å²) < 4.78 is 92.5. The van der Waals surface area contributed by atoms with Crippen LogP contribution in [0.15, 0.2) is 65.8 Å². The molecule has 3 heterocycles.